The molecule has 100 valence electrons. The molecule has 5 heteroatoms. The van der Waals surface area contributed by atoms with Crippen molar-refractivity contribution < 1.29 is 9.90 Å². The van der Waals surface area contributed by atoms with Gasteiger partial charge in [0.25, 0.3) is 0 Å². The molecule has 5 nitrogen and oxygen atoms in total. The van der Waals surface area contributed by atoms with Crippen molar-refractivity contribution >= 4 is 11.7 Å². The molecule has 0 unspecified atom stereocenters. The zero-order chi connectivity index (χ0) is 14.5. The zero-order valence-electron chi connectivity index (χ0n) is 10.9. The van der Waals surface area contributed by atoms with Crippen molar-refractivity contribution in [2.45, 2.75) is 6.54 Å². The van der Waals surface area contributed by atoms with Crippen molar-refractivity contribution in [3.05, 3.63) is 59.4 Å². The van der Waals surface area contributed by atoms with Gasteiger partial charge in [0, 0.05) is 26.0 Å². The number of benzene rings is 1. The van der Waals surface area contributed by atoms with E-state index in [-0.39, 0.29) is 5.56 Å². The Kier molecular flexibility index (Phi) is 3.96. The fourth-order valence-electron chi connectivity index (χ4n) is 1.94. The van der Waals surface area contributed by atoms with E-state index in [1.807, 2.05) is 30.1 Å². The number of carboxylic acids is 1. The average Bonchev–Trinajstić information content (AvgIpc) is 2.47. The van der Waals surface area contributed by atoms with Crippen LogP contribution >= 0.6 is 0 Å². The first-order valence-corrected chi connectivity index (χ1v) is 5.99. The summed E-state index contributed by atoms with van der Waals surface area (Å²) in [5.74, 6) is -1.04. The van der Waals surface area contributed by atoms with Gasteiger partial charge in [0.05, 0.1) is 16.8 Å². The first kappa shape index (κ1) is 13.6. The Morgan fingerprint density at radius 2 is 2.05 bits per heavy atom. The van der Waals surface area contributed by atoms with Crippen molar-refractivity contribution in [3.63, 3.8) is 0 Å². The Bertz CT molecular complexity index is 663. The summed E-state index contributed by atoms with van der Waals surface area (Å²) in [6.45, 7) is 0.615. The number of carboxylic acid groups (broad SMARTS) is 1. The van der Waals surface area contributed by atoms with Crippen LogP contribution in [0.4, 0.5) is 5.69 Å². The molecule has 0 bridgehead atoms. The van der Waals surface area contributed by atoms with Crippen LogP contribution in [-0.2, 0) is 6.54 Å². The first-order chi connectivity index (χ1) is 9.61. The van der Waals surface area contributed by atoms with Gasteiger partial charge in [-0.15, -0.1) is 0 Å². The minimum atomic E-state index is -1.04. The van der Waals surface area contributed by atoms with Crippen molar-refractivity contribution in [3.8, 4) is 6.07 Å². The van der Waals surface area contributed by atoms with Gasteiger partial charge in [-0.1, -0.05) is 0 Å². The van der Waals surface area contributed by atoms with Gasteiger partial charge in [0.15, 0.2) is 0 Å². The van der Waals surface area contributed by atoms with Gasteiger partial charge >= 0.3 is 5.97 Å². The smallest absolute Gasteiger partial charge is 0.335 e. The molecule has 0 saturated heterocycles. The lowest BCUT2D eigenvalue weighted by molar-refractivity contribution is 0.0697. The molecular formula is C15H13N3O2. The Labute approximate surface area is 116 Å². The molecule has 0 saturated carbocycles. The molecule has 0 aliphatic heterocycles. The maximum absolute atomic E-state index is 10.9. The lowest BCUT2D eigenvalue weighted by Crippen LogP contribution is -2.17. The molecule has 1 aromatic heterocycles. The van der Waals surface area contributed by atoms with E-state index in [2.05, 4.69) is 4.98 Å². The largest absolute Gasteiger partial charge is 0.478 e. The SMILES string of the molecule is CN(Cc1ccncc1)c1ccc(C(=O)O)cc1C#N. The number of nitriles is 1. The van der Waals surface area contributed by atoms with Crippen LogP contribution in [0.5, 0.6) is 0 Å². The summed E-state index contributed by atoms with van der Waals surface area (Å²) in [5.41, 5.74) is 2.23. The second kappa shape index (κ2) is 5.85. The van der Waals surface area contributed by atoms with E-state index in [1.165, 1.54) is 12.1 Å². The second-order valence-corrected chi connectivity index (χ2v) is 4.36. The monoisotopic (exact) mass is 267 g/mol. The second-order valence-electron chi connectivity index (χ2n) is 4.36. The van der Waals surface area contributed by atoms with Gasteiger partial charge in [-0.3, -0.25) is 4.98 Å². The number of nitrogens with zero attached hydrogens (tertiary/aromatic N) is 3. The highest BCUT2D eigenvalue weighted by molar-refractivity contribution is 5.89. The Morgan fingerprint density at radius 1 is 1.35 bits per heavy atom. The van der Waals surface area contributed by atoms with Crippen LogP contribution in [0.15, 0.2) is 42.7 Å². The van der Waals surface area contributed by atoms with Crippen LogP contribution in [0.1, 0.15) is 21.5 Å². The number of rotatable bonds is 4. The molecule has 0 aliphatic carbocycles. The first-order valence-electron chi connectivity index (χ1n) is 5.99. The van der Waals surface area contributed by atoms with E-state index in [4.69, 9.17) is 10.4 Å². The number of aromatic nitrogens is 1. The number of anilines is 1. The third-order valence-electron chi connectivity index (χ3n) is 2.94. The lowest BCUT2D eigenvalue weighted by Gasteiger charge is -2.20. The van der Waals surface area contributed by atoms with E-state index in [0.29, 0.717) is 17.8 Å². The maximum Gasteiger partial charge on any atom is 0.335 e. The molecule has 0 amide bonds. The van der Waals surface area contributed by atoms with E-state index in [9.17, 15) is 4.79 Å². The van der Waals surface area contributed by atoms with Gasteiger partial charge in [0.2, 0.25) is 0 Å². The van der Waals surface area contributed by atoms with Crippen LogP contribution in [0.2, 0.25) is 0 Å². The van der Waals surface area contributed by atoms with Crippen LogP contribution in [0, 0.1) is 11.3 Å². The predicted octanol–water partition coefficient (Wildman–Crippen LogP) is 2.29. The van der Waals surface area contributed by atoms with Gasteiger partial charge in [0.1, 0.15) is 6.07 Å². The molecular weight excluding hydrogens is 254 g/mol. The Morgan fingerprint density at radius 3 is 2.65 bits per heavy atom. The summed E-state index contributed by atoms with van der Waals surface area (Å²) in [4.78, 5) is 16.8. The standard InChI is InChI=1S/C15H13N3O2/c1-18(10-11-4-6-17-7-5-11)14-3-2-12(15(19)20)8-13(14)9-16/h2-8H,10H2,1H3,(H,19,20). The number of hydrogen-bond donors (Lipinski definition) is 1. The third kappa shape index (κ3) is 2.93. The Hall–Kier alpha value is -2.87. The quantitative estimate of drug-likeness (QED) is 0.919. The molecule has 1 aromatic carbocycles. The summed E-state index contributed by atoms with van der Waals surface area (Å²) in [5, 5.41) is 18.1. The topological polar surface area (TPSA) is 77.2 Å². The maximum atomic E-state index is 10.9. The molecule has 20 heavy (non-hydrogen) atoms. The summed E-state index contributed by atoms with van der Waals surface area (Å²) in [6.07, 6.45) is 3.42. The summed E-state index contributed by atoms with van der Waals surface area (Å²) in [6, 6.07) is 10.4. The van der Waals surface area contributed by atoms with Crippen molar-refractivity contribution in [1.82, 2.24) is 4.98 Å². The molecule has 1 N–H and O–H groups in total. The highest BCUT2D eigenvalue weighted by Crippen LogP contribution is 2.22. The van der Waals surface area contributed by atoms with Gasteiger partial charge in [-0.2, -0.15) is 5.26 Å². The number of carbonyl (C=O) groups is 1. The van der Waals surface area contributed by atoms with E-state index in [1.54, 1.807) is 18.5 Å². The van der Waals surface area contributed by atoms with Crippen LogP contribution in [0.3, 0.4) is 0 Å². The summed E-state index contributed by atoms with van der Waals surface area (Å²) < 4.78 is 0. The van der Waals surface area contributed by atoms with Crippen LogP contribution in [0.25, 0.3) is 0 Å². The zero-order valence-corrected chi connectivity index (χ0v) is 10.9. The number of aromatic carboxylic acids is 1. The highest BCUT2D eigenvalue weighted by atomic mass is 16.4. The average molecular weight is 267 g/mol. The predicted molar refractivity (Wildman–Crippen MR) is 74.5 cm³/mol. The van der Waals surface area contributed by atoms with Crippen molar-refractivity contribution in [2.75, 3.05) is 11.9 Å². The summed E-state index contributed by atoms with van der Waals surface area (Å²) >= 11 is 0. The van der Waals surface area contributed by atoms with E-state index < -0.39 is 5.97 Å². The number of hydrogen-bond acceptors (Lipinski definition) is 4. The molecule has 0 fully saturated rings. The Balaban J connectivity index is 2.28. The van der Waals surface area contributed by atoms with Gasteiger partial charge < -0.3 is 10.0 Å². The van der Waals surface area contributed by atoms with Crippen molar-refractivity contribution in [1.29, 1.82) is 5.26 Å². The fourth-order valence-corrected chi connectivity index (χ4v) is 1.94. The highest BCUT2D eigenvalue weighted by Gasteiger charge is 2.11. The fraction of sp³-hybridized carbons (Fsp3) is 0.133. The van der Waals surface area contributed by atoms with Gasteiger partial charge in [-0.05, 0) is 35.9 Å². The van der Waals surface area contributed by atoms with Crippen LogP contribution in [-0.4, -0.2) is 23.1 Å². The molecule has 0 radical (unpaired) electrons. The summed E-state index contributed by atoms with van der Waals surface area (Å²) in [7, 11) is 1.86. The molecule has 2 rings (SSSR count). The molecule has 0 atom stereocenters. The normalized spacial score (nSPS) is 9.80. The van der Waals surface area contributed by atoms with E-state index in [0.717, 1.165) is 5.56 Å². The minimum Gasteiger partial charge on any atom is -0.478 e. The van der Waals surface area contributed by atoms with Crippen LogP contribution < -0.4 is 4.90 Å². The minimum absolute atomic E-state index is 0.114. The molecule has 0 spiro atoms. The molecule has 0 aliphatic rings. The third-order valence-corrected chi connectivity index (χ3v) is 2.94. The molecule has 2 aromatic rings. The van der Waals surface area contributed by atoms with Gasteiger partial charge in [-0.25, -0.2) is 4.79 Å². The van der Waals surface area contributed by atoms with Crippen molar-refractivity contribution in [2.24, 2.45) is 0 Å². The molecule has 1 heterocycles. The van der Waals surface area contributed by atoms with E-state index >= 15 is 0 Å². The number of pyridine rings is 1. The lowest BCUT2D eigenvalue weighted by atomic mass is 10.1.